The molecule has 1 aromatic carbocycles. The molecule has 0 bridgehead atoms. The van der Waals surface area contributed by atoms with Crippen molar-refractivity contribution in [2.75, 3.05) is 0 Å². The zero-order valence-electron chi connectivity index (χ0n) is 15.0. The SMILES string of the molecule is CC(NC(=O)C1CCC(C(=O)O)CC1)C1(c2ccccc2)CCCC1. The molecule has 0 radical (unpaired) electrons. The van der Waals surface area contributed by atoms with Crippen LogP contribution in [0.25, 0.3) is 0 Å². The fourth-order valence-electron chi connectivity index (χ4n) is 4.82. The molecule has 1 unspecified atom stereocenters. The van der Waals surface area contributed by atoms with Crippen molar-refractivity contribution in [3.05, 3.63) is 35.9 Å². The van der Waals surface area contributed by atoms with Crippen LogP contribution in [-0.2, 0) is 15.0 Å². The van der Waals surface area contributed by atoms with Gasteiger partial charge in [0.05, 0.1) is 5.92 Å². The molecule has 25 heavy (non-hydrogen) atoms. The quantitative estimate of drug-likeness (QED) is 0.852. The van der Waals surface area contributed by atoms with Crippen LogP contribution in [0.3, 0.4) is 0 Å². The van der Waals surface area contributed by atoms with Crippen molar-refractivity contribution in [2.24, 2.45) is 11.8 Å². The van der Waals surface area contributed by atoms with E-state index in [0.29, 0.717) is 25.7 Å². The van der Waals surface area contributed by atoms with Crippen LogP contribution in [0.2, 0.25) is 0 Å². The van der Waals surface area contributed by atoms with Crippen LogP contribution in [0.15, 0.2) is 30.3 Å². The maximum atomic E-state index is 12.8. The highest BCUT2D eigenvalue weighted by atomic mass is 16.4. The van der Waals surface area contributed by atoms with Gasteiger partial charge in [-0.05, 0) is 51.0 Å². The van der Waals surface area contributed by atoms with E-state index in [9.17, 15) is 9.59 Å². The summed E-state index contributed by atoms with van der Waals surface area (Å²) in [5.41, 5.74) is 1.37. The first kappa shape index (κ1) is 18.0. The minimum absolute atomic E-state index is 0.0349. The van der Waals surface area contributed by atoms with E-state index < -0.39 is 5.97 Å². The third kappa shape index (κ3) is 3.73. The second-order valence-electron chi connectivity index (χ2n) is 7.85. The number of rotatable bonds is 5. The van der Waals surface area contributed by atoms with Gasteiger partial charge in [0.1, 0.15) is 0 Å². The number of carbonyl (C=O) groups is 2. The van der Waals surface area contributed by atoms with E-state index in [1.54, 1.807) is 0 Å². The molecule has 4 heteroatoms. The Morgan fingerprint density at radius 2 is 1.60 bits per heavy atom. The van der Waals surface area contributed by atoms with Crippen LogP contribution in [0.4, 0.5) is 0 Å². The summed E-state index contributed by atoms with van der Waals surface area (Å²) in [6, 6.07) is 10.7. The molecule has 2 aliphatic rings. The average Bonchev–Trinajstić information content (AvgIpc) is 3.13. The van der Waals surface area contributed by atoms with Crippen LogP contribution in [-0.4, -0.2) is 23.0 Å². The summed E-state index contributed by atoms with van der Waals surface area (Å²) in [4.78, 5) is 23.8. The fourth-order valence-corrected chi connectivity index (χ4v) is 4.82. The number of amides is 1. The summed E-state index contributed by atoms with van der Waals surface area (Å²) in [6.45, 7) is 2.14. The standard InChI is InChI=1S/C21H29NO3/c1-15(21(13-5-6-14-21)18-7-3-2-4-8-18)22-19(23)16-9-11-17(12-10-16)20(24)25/h2-4,7-8,15-17H,5-6,9-14H2,1H3,(H,22,23)(H,24,25). The molecule has 0 saturated heterocycles. The van der Waals surface area contributed by atoms with Gasteiger partial charge in [0, 0.05) is 17.4 Å². The first-order valence-corrected chi connectivity index (χ1v) is 9.61. The number of carbonyl (C=O) groups excluding carboxylic acids is 1. The van der Waals surface area contributed by atoms with Gasteiger partial charge in [0.15, 0.2) is 0 Å². The molecule has 0 spiro atoms. The van der Waals surface area contributed by atoms with Crippen molar-refractivity contribution in [2.45, 2.75) is 69.7 Å². The maximum Gasteiger partial charge on any atom is 0.306 e. The molecule has 1 aromatic rings. The fraction of sp³-hybridized carbons (Fsp3) is 0.619. The molecule has 136 valence electrons. The largest absolute Gasteiger partial charge is 0.481 e. The Morgan fingerprint density at radius 3 is 2.16 bits per heavy atom. The second-order valence-corrected chi connectivity index (χ2v) is 7.85. The lowest BCUT2D eigenvalue weighted by molar-refractivity contribution is -0.144. The maximum absolute atomic E-state index is 12.8. The highest BCUT2D eigenvalue weighted by Gasteiger charge is 2.42. The first-order chi connectivity index (χ1) is 12.0. The summed E-state index contributed by atoms with van der Waals surface area (Å²) in [6.07, 6.45) is 7.26. The molecule has 4 nitrogen and oxygen atoms in total. The van der Waals surface area contributed by atoms with E-state index in [1.165, 1.54) is 18.4 Å². The first-order valence-electron chi connectivity index (χ1n) is 9.61. The molecule has 2 fully saturated rings. The van der Waals surface area contributed by atoms with Crippen molar-refractivity contribution >= 4 is 11.9 Å². The summed E-state index contributed by atoms with van der Waals surface area (Å²) >= 11 is 0. The van der Waals surface area contributed by atoms with Gasteiger partial charge >= 0.3 is 5.97 Å². The van der Waals surface area contributed by atoms with Gasteiger partial charge in [-0.15, -0.1) is 0 Å². The smallest absolute Gasteiger partial charge is 0.306 e. The van der Waals surface area contributed by atoms with Crippen molar-refractivity contribution in [3.8, 4) is 0 Å². The van der Waals surface area contributed by atoms with Gasteiger partial charge in [0.2, 0.25) is 5.91 Å². The number of nitrogens with one attached hydrogen (secondary N) is 1. The van der Waals surface area contributed by atoms with Crippen LogP contribution < -0.4 is 5.32 Å². The van der Waals surface area contributed by atoms with Crippen molar-refractivity contribution < 1.29 is 14.7 Å². The van der Waals surface area contributed by atoms with Crippen molar-refractivity contribution in [1.82, 2.24) is 5.32 Å². The third-order valence-corrected chi connectivity index (χ3v) is 6.48. The van der Waals surface area contributed by atoms with Gasteiger partial charge in [0.25, 0.3) is 0 Å². The molecule has 2 N–H and O–H groups in total. The average molecular weight is 343 g/mol. The van der Waals surface area contributed by atoms with Crippen LogP contribution >= 0.6 is 0 Å². The molecule has 2 aliphatic carbocycles. The van der Waals surface area contributed by atoms with Gasteiger partial charge in [-0.1, -0.05) is 43.2 Å². The van der Waals surface area contributed by atoms with Crippen LogP contribution in [0, 0.1) is 11.8 Å². The molecule has 1 atom stereocenters. The Morgan fingerprint density at radius 1 is 1.04 bits per heavy atom. The molecular formula is C21H29NO3. The normalized spacial score (nSPS) is 26.8. The van der Waals surface area contributed by atoms with Crippen molar-refractivity contribution in [1.29, 1.82) is 0 Å². The summed E-state index contributed by atoms with van der Waals surface area (Å²) in [7, 11) is 0. The van der Waals surface area contributed by atoms with Crippen molar-refractivity contribution in [3.63, 3.8) is 0 Å². The predicted octanol–water partition coefficient (Wildman–Crippen LogP) is 3.89. The van der Waals surface area contributed by atoms with Gasteiger partial charge in [-0.2, -0.15) is 0 Å². The van der Waals surface area contributed by atoms with Gasteiger partial charge < -0.3 is 10.4 Å². The highest BCUT2D eigenvalue weighted by molar-refractivity contribution is 5.79. The predicted molar refractivity (Wildman–Crippen MR) is 97.3 cm³/mol. The Kier molecular flexibility index (Phi) is 5.45. The van der Waals surface area contributed by atoms with Crippen LogP contribution in [0.1, 0.15) is 63.9 Å². The molecule has 3 rings (SSSR count). The number of hydrogen-bond acceptors (Lipinski definition) is 2. The highest BCUT2D eigenvalue weighted by Crippen LogP contribution is 2.44. The van der Waals surface area contributed by atoms with E-state index in [-0.39, 0.29) is 29.2 Å². The monoisotopic (exact) mass is 343 g/mol. The van der Waals surface area contributed by atoms with E-state index in [2.05, 4.69) is 36.5 Å². The number of carboxylic acids is 1. The number of hydrogen-bond donors (Lipinski definition) is 2. The molecule has 2 saturated carbocycles. The van der Waals surface area contributed by atoms with Crippen LogP contribution in [0.5, 0.6) is 0 Å². The minimum Gasteiger partial charge on any atom is -0.481 e. The summed E-state index contributed by atoms with van der Waals surface area (Å²) < 4.78 is 0. The Bertz CT molecular complexity index is 599. The number of benzene rings is 1. The molecule has 1 amide bonds. The molecule has 0 aliphatic heterocycles. The lowest BCUT2D eigenvalue weighted by atomic mass is 9.73. The number of aliphatic carboxylic acids is 1. The minimum atomic E-state index is -0.721. The summed E-state index contributed by atoms with van der Waals surface area (Å²) in [5, 5.41) is 12.4. The Balaban J connectivity index is 1.65. The Labute approximate surface area is 150 Å². The molecule has 0 heterocycles. The summed E-state index contributed by atoms with van der Waals surface area (Å²) in [5.74, 6) is -0.918. The number of carboxylic acid groups (broad SMARTS) is 1. The lowest BCUT2D eigenvalue weighted by Crippen LogP contribution is -2.49. The Hall–Kier alpha value is -1.84. The van der Waals surface area contributed by atoms with E-state index >= 15 is 0 Å². The van der Waals surface area contributed by atoms with E-state index in [0.717, 1.165) is 12.8 Å². The molecular weight excluding hydrogens is 314 g/mol. The van der Waals surface area contributed by atoms with E-state index in [4.69, 9.17) is 5.11 Å². The van der Waals surface area contributed by atoms with Gasteiger partial charge in [-0.25, -0.2) is 0 Å². The zero-order chi connectivity index (χ0) is 17.9. The second kappa shape index (κ2) is 7.59. The topological polar surface area (TPSA) is 66.4 Å². The lowest BCUT2D eigenvalue weighted by Gasteiger charge is -2.38. The zero-order valence-corrected chi connectivity index (χ0v) is 15.0. The third-order valence-electron chi connectivity index (χ3n) is 6.48. The van der Waals surface area contributed by atoms with E-state index in [1.807, 2.05) is 6.07 Å². The molecule has 0 aromatic heterocycles. The van der Waals surface area contributed by atoms with Gasteiger partial charge in [-0.3, -0.25) is 9.59 Å².